The number of nitrogens with zero attached hydrogens (tertiary/aromatic N) is 1. The molecule has 0 unspecified atom stereocenters. The molecule has 1 N–H and O–H groups in total. The summed E-state index contributed by atoms with van der Waals surface area (Å²) in [6.45, 7) is 5.75. The van der Waals surface area contributed by atoms with Gasteiger partial charge < -0.3 is 5.11 Å². The summed E-state index contributed by atoms with van der Waals surface area (Å²) in [4.78, 5) is 23.1. The molecule has 0 radical (unpaired) electrons. The zero-order valence-corrected chi connectivity index (χ0v) is 11.9. The van der Waals surface area contributed by atoms with Crippen molar-refractivity contribution in [1.29, 1.82) is 0 Å². The van der Waals surface area contributed by atoms with Gasteiger partial charge in [0.15, 0.2) is 4.75 Å². The number of aliphatic carboxylic acids is 1. The average Bonchev–Trinajstić information content (AvgIpc) is 2.29. The zero-order valence-electron chi connectivity index (χ0n) is 11.1. The van der Waals surface area contributed by atoms with Crippen LogP contribution in [0.5, 0.6) is 0 Å². The van der Waals surface area contributed by atoms with Crippen LogP contribution in [0.25, 0.3) is 0 Å². The minimum atomic E-state index is -3.72. The summed E-state index contributed by atoms with van der Waals surface area (Å²) in [7, 11) is -3.72. The van der Waals surface area contributed by atoms with Crippen molar-refractivity contribution in [1.82, 2.24) is 4.31 Å². The molecule has 6 nitrogen and oxygen atoms in total. The van der Waals surface area contributed by atoms with Crippen molar-refractivity contribution in [3.05, 3.63) is 0 Å². The highest BCUT2D eigenvalue weighted by Crippen LogP contribution is 2.39. The molecule has 1 fully saturated rings. The van der Waals surface area contributed by atoms with E-state index in [1.165, 1.54) is 13.8 Å². The Kier molecular flexibility index (Phi) is 3.51. The van der Waals surface area contributed by atoms with Crippen molar-refractivity contribution in [2.24, 2.45) is 5.41 Å². The molecule has 0 saturated carbocycles. The summed E-state index contributed by atoms with van der Waals surface area (Å²) < 4.78 is 23.1. The summed E-state index contributed by atoms with van der Waals surface area (Å²) in [6, 6.07) is 0. The fourth-order valence-electron chi connectivity index (χ4n) is 2.03. The number of carboxylic acids is 1. The van der Waals surface area contributed by atoms with Gasteiger partial charge in [0.2, 0.25) is 0 Å². The number of hydrogen-bond acceptors (Lipinski definition) is 4. The number of carbonyl (C=O) groups excluding carboxylic acids is 1. The Morgan fingerprint density at radius 1 is 1.33 bits per heavy atom. The molecule has 0 bridgehead atoms. The number of sulfonamides is 1. The molecule has 0 aromatic rings. The Hall–Kier alpha value is -1.11. The van der Waals surface area contributed by atoms with Gasteiger partial charge in [0.05, 0.1) is 12.0 Å². The van der Waals surface area contributed by atoms with Crippen LogP contribution in [0.15, 0.2) is 0 Å². The van der Waals surface area contributed by atoms with Gasteiger partial charge in [-0.2, -0.15) is 0 Å². The molecule has 0 atom stereocenters. The second-order valence-corrected chi connectivity index (χ2v) is 7.53. The van der Waals surface area contributed by atoms with E-state index in [-0.39, 0.29) is 19.4 Å². The number of rotatable bonds is 5. The van der Waals surface area contributed by atoms with Crippen molar-refractivity contribution < 1.29 is 23.1 Å². The first-order valence-corrected chi connectivity index (χ1v) is 7.31. The number of hydrogen-bond donors (Lipinski definition) is 1. The van der Waals surface area contributed by atoms with Gasteiger partial charge >= 0.3 is 5.97 Å². The Labute approximate surface area is 107 Å². The fourth-order valence-corrected chi connectivity index (χ4v) is 3.64. The van der Waals surface area contributed by atoms with Crippen LogP contribution in [-0.4, -0.2) is 41.0 Å². The molecule has 7 heteroatoms. The SMILES string of the molecule is CCC(CC)(CN1C(=O)C(C)(C)S1(=O)=O)C(=O)O. The molecular formula is C11H19NO5S. The van der Waals surface area contributed by atoms with Crippen molar-refractivity contribution in [3.63, 3.8) is 0 Å². The molecule has 0 spiro atoms. The second kappa shape index (κ2) is 4.22. The van der Waals surface area contributed by atoms with Gasteiger partial charge in [0, 0.05) is 0 Å². The monoisotopic (exact) mass is 277 g/mol. The lowest BCUT2D eigenvalue weighted by Gasteiger charge is -2.46. The molecule has 1 aliphatic heterocycles. The van der Waals surface area contributed by atoms with Crippen molar-refractivity contribution in [2.45, 2.75) is 45.3 Å². The number of carbonyl (C=O) groups is 2. The van der Waals surface area contributed by atoms with Gasteiger partial charge in [-0.05, 0) is 26.7 Å². The Bertz CT molecular complexity index is 476. The largest absolute Gasteiger partial charge is 0.481 e. The fraction of sp³-hybridized carbons (Fsp3) is 0.818. The van der Waals surface area contributed by atoms with Crippen molar-refractivity contribution in [2.75, 3.05) is 6.54 Å². The van der Waals surface area contributed by atoms with Crippen molar-refractivity contribution >= 4 is 21.9 Å². The van der Waals surface area contributed by atoms with E-state index in [0.717, 1.165) is 0 Å². The second-order valence-electron chi connectivity index (χ2n) is 5.12. The maximum absolute atomic E-state index is 11.9. The predicted molar refractivity (Wildman–Crippen MR) is 65.4 cm³/mol. The zero-order chi connectivity index (χ0) is 14.4. The lowest BCUT2D eigenvalue weighted by Crippen LogP contribution is -2.69. The highest BCUT2D eigenvalue weighted by atomic mass is 32.2. The lowest BCUT2D eigenvalue weighted by molar-refractivity contribution is -0.151. The molecule has 1 heterocycles. The van der Waals surface area contributed by atoms with Crippen LogP contribution in [0.1, 0.15) is 40.5 Å². The standard InChI is InChI=1S/C11H19NO5S/c1-5-11(6-2,9(14)15)7-12-8(13)10(3,4)18(12,16)17/h5-7H2,1-4H3,(H,14,15). The molecule has 1 rings (SSSR count). The van der Waals surface area contributed by atoms with Crippen LogP contribution in [-0.2, 0) is 19.6 Å². The van der Waals surface area contributed by atoms with Crippen LogP contribution in [0.4, 0.5) is 0 Å². The van der Waals surface area contributed by atoms with Gasteiger partial charge in [0.25, 0.3) is 15.9 Å². The highest BCUT2D eigenvalue weighted by molar-refractivity contribution is 7.94. The van der Waals surface area contributed by atoms with E-state index in [1.54, 1.807) is 13.8 Å². The third-order valence-electron chi connectivity index (χ3n) is 3.93. The summed E-state index contributed by atoms with van der Waals surface area (Å²) in [5.74, 6) is -1.60. The van der Waals surface area contributed by atoms with Crippen molar-refractivity contribution in [3.8, 4) is 0 Å². The van der Waals surface area contributed by atoms with Gasteiger partial charge in [-0.15, -0.1) is 0 Å². The Morgan fingerprint density at radius 2 is 1.78 bits per heavy atom. The van der Waals surface area contributed by atoms with Crippen LogP contribution in [0.3, 0.4) is 0 Å². The highest BCUT2D eigenvalue weighted by Gasteiger charge is 2.61. The van der Waals surface area contributed by atoms with Gasteiger partial charge in [0.1, 0.15) is 0 Å². The van der Waals surface area contributed by atoms with E-state index in [2.05, 4.69) is 0 Å². The maximum Gasteiger partial charge on any atom is 0.311 e. The molecule has 0 aliphatic carbocycles. The van der Waals surface area contributed by atoms with Crippen LogP contribution >= 0.6 is 0 Å². The first-order chi connectivity index (χ1) is 8.06. The maximum atomic E-state index is 11.9. The minimum Gasteiger partial charge on any atom is -0.481 e. The summed E-state index contributed by atoms with van der Waals surface area (Å²) >= 11 is 0. The van der Waals surface area contributed by atoms with Gasteiger partial charge in [-0.1, -0.05) is 13.8 Å². The Morgan fingerprint density at radius 3 is 2.06 bits per heavy atom. The smallest absolute Gasteiger partial charge is 0.311 e. The van der Waals surface area contributed by atoms with Crippen LogP contribution in [0.2, 0.25) is 0 Å². The third kappa shape index (κ3) is 1.72. The third-order valence-corrected chi connectivity index (χ3v) is 6.27. The number of amides is 1. The lowest BCUT2D eigenvalue weighted by atomic mass is 9.82. The van der Waals surface area contributed by atoms with E-state index in [0.29, 0.717) is 4.31 Å². The van der Waals surface area contributed by atoms with E-state index >= 15 is 0 Å². The molecular weight excluding hydrogens is 258 g/mol. The van der Waals surface area contributed by atoms with Gasteiger partial charge in [-0.3, -0.25) is 9.59 Å². The Balaban J connectivity index is 3.07. The quantitative estimate of drug-likeness (QED) is 0.803. The average molecular weight is 277 g/mol. The normalized spacial score (nSPS) is 21.6. The first kappa shape index (κ1) is 14.9. The minimum absolute atomic E-state index is 0.276. The van der Waals surface area contributed by atoms with Crippen LogP contribution < -0.4 is 0 Å². The summed E-state index contributed by atoms with van der Waals surface area (Å²) in [5.41, 5.74) is -1.20. The molecule has 0 aromatic heterocycles. The first-order valence-electron chi connectivity index (χ1n) is 5.87. The molecule has 104 valence electrons. The predicted octanol–water partition coefficient (Wildman–Crippen LogP) is 0.828. The summed E-state index contributed by atoms with van der Waals surface area (Å²) in [6.07, 6.45) is 0.553. The topological polar surface area (TPSA) is 91.8 Å². The molecule has 1 saturated heterocycles. The van der Waals surface area contributed by atoms with E-state index in [1.807, 2.05) is 0 Å². The van der Waals surface area contributed by atoms with Gasteiger partial charge in [-0.25, -0.2) is 12.7 Å². The molecule has 1 amide bonds. The number of carboxylic acid groups (broad SMARTS) is 1. The molecule has 1 aliphatic rings. The van der Waals surface area contributed by atoms with Crippen LogP contribution in [0, 0.1) is 5.41 Å². The van der Waals surface area contributed by atoms with E-state index < -0.39 is 32.1 Å². The molecule has 0 aromatic carbocycles. The van der Waals surface area contributed by atoms with E-state index in [4.69, 9.17) is 0 Å². The summed E-state index contributed by atoms with van der Waals surface area (Å²) in [5, 5.41) is 9.25. The van der Waals surface area contributed by atoms with E-state index in [9.17, 15) is 23.1 Å². The molecule has 18 heavy (non-hydrogen) atoms.